The summed E-state index contributed by atoms with van der Waals surface area (Å²) in [5, 5.41) is 6.56. The van der Waals surface area contributed by atoms with Crippen LogP contribution in [0.3, 0.4) is 0 Å². The first-order chi connectivity index (χ1) is 14.7. The van der Waals surface area contributed by atoms with Gasteiger partial charge in [-0.05, 0) is 38.8 Å². The van der Waals surface area contributed by atoms with Crippen LogP contribution in [0.1, 0.15) is 68.3 Å². The lowest BCUT2D eigenvalue weighted by molar-refractivity contribution is -0.138. The maximum absolute atomic E-state index is 13.3. The van der Waals surface area contributed by atoms with Crippen LogP contribution in [0.4, 0.5) is 8.78 Å². The van der Waals surface area contributed by atoms with E-state index in [0.717, 1.165) is 43.9 Å². The fraction of sp³-hybridized carbons (Fsp3) is 0.591. The molecule has 2 aromatic heterocycles. The molecule has 1 fully saturated rings. The fourth-order valence-corrected chi connectivity index (χ4v) is 4.78. The van der Waals surface area contributed by atoms with E-state index in [-0.39, 0.29) is 29.5 Å². The molecule has 170 valence electrons. The van der Waals surface area contributed by atoms with Crippen molar-refractivity contribution in [2.75, 3.05) is 13.1 Å². The molecule has 0 aliphatic heterocycles. The number of amides is 2. The summed E-state index contributed by atoms with van der Waals surface area (Å²) in [6.45, 7) is 5.58. The summed E-state index contributed by atoms with van der Waals surface area (Å²) < 4.78 is 31.4. The van der Waals surface area contributed by atoms with Gasteiger partial charge in [0.05, 0.1) is 9.75 Å². The molecule has 0 aromatic carbocycles. The number of thiophene rings is 1. The van der Waals surface area contributed by atoms with Crippen LogP contribution in [0.25, 0.3) is 10.6 Å². The molecule has 31 heavy (non-hydrogen) atoms. The van der Waals surface area contributed by atoms with E-state index in [1.165, 1.54) is 12.5 Å². The van der Waals surface area contributed by atoms with Crippen molar-refractivity contribution in [3.05, 3.63) is 28.8 Å². The number of likely N-dealkylation sites (N-methyl/N-ethyl adjacent to an activating group) is 1. The van der Waals surface area contributed by atoms with E-state index in [1.807, 2.05) is 18.7 Å². The highest BCUT2D eigenvalue weighted by Crippen LogP contribution is 2.33. The van der Waals surface area contributed by atoms with Crippen molar-refractivity contribution in [3.8, 4) is 10.6 Å². The minimum absolute atomic E-state index is 0.0922. The van der Waals surface area contributed by atoms with E-state index in [9.17, 15) is 18.4 Å². The average molecular weight is 454 g/mol. The van der Waals surface area contributed by atoms with E-state index in [1.54, 1.807) is 12.1 Å². The molecule has 0 bridgehead atoms. The van der Waals surface area contributed by atoms with Crippen LogP contribution in [0.15, 0.2) is 22.7 Å². The molecule has 1 unspecified atom stereocenters. The average Bonchev–Trinajstić information content (AvgIpc) is 3.42. The van der Waals surface area contributed by atoms with E-state index < -0.39 is 11.7 Å². The second-order valence-corrected chi connectivity index (χ2v) is 9.23. The van der Waals surface area contributed by atoms with Gasteiger partial charge in [0.1, 0.15) is 5.69 Å². The monoisotopic (exact) mass is 453 g/mol. The molecule has 1 N–H and O–H groups in total. The molecule has 9 heteroatoms. The Balaban J connectivity index is 1.57. The third kappa shape index (κ3) is 5.70. The molecule has 2 heterocycles. The SMILES string of the molecule is CCN(C(=O)C1CCCCC1)C(C)CNC(=O)c1ccc(-c2cc(C(C)(F)F)on2)s1. The van der Waals surface area contributed by atoms with Gasteiger partial charge in [-0.15, -0.1) is 11.3 Å². The lowest BCUT2D eigenvalue weighted by atomic mass is 9.88. The summed E-state index contributed by atoms with van der Waals surface area (Å²) in [6, 6.07) is 4.35. The summed E-state index contributed by atoms with van der Waals surface area (Å²) in [6.07, 6.45) is 5.28. The summed E-state index contributed by atoms with van der Waals surface area (Å²) in [5.74, 6) is -3.63. The topological polar surface area (TPSA) is 75.4 Å². The van der Waals surface area contributed by atoms with Crippen LogP contribution in [-0.4, -0.2) is 41.0 Å². The smallest absolute Gasteiger partial charge is 0.304 e. The van der Waals surface area contributed by atoms with Gasteiger partial charge < -0.3 is 14.7 Å². The fourth-order valence-electron chi connectivity index (χ4n) is 3.90. The van der Waals surface area contributed by atoms with Crippen LogP contribution in [0, 0.1) is 5.92 Å². The minimum Gasteiger partial charge on any atom is -0.354 e. The third-order valence-electron chi connectivity index (χ3n) is 5.69. The van der Waals surface area contributed by atoms with E-state index in [4.69, 9.17) is 4.52 Å². The normalized spacial score (nSPS) is 16.2. The van der Waals surface area contributed by atoms with Crippen molar-refractivity contribution in [1.29, 1.82) is 0 Å². The Morgan fingerprint density at radius 3 is 2.65 bits per heavy atom. The first-order valence-corrected chi connectivity index (χ1v) is 11.6. The zero-order chi connectivity index (χ0) is 22.6. The highest BCUT2D eigenvalue weighted by atomic mass is 32.1. The standard InChI is InChI=1S/C22H29F2N3O3S/c1-4-27(21(29)15-8-6-5-7-9-15)14(2)13-25-20(28)18-11-10-17(31-18)16-12-19(30-26-16)22(3,23)24/h10-12,14-15H,4-9,13H2,1-3H3,(H,25,28). The van der Waals surface area contributed by atoms with E-state index >= 15 is 0 Å². The van der Waals surface area contributed by atoms with Crippen LogP contribution in [-0.2, 0) is 10.7 Å². The zero-order valence-electron chi connectivity index (χ0n) is 18.1. The van der Waals surface area contributed by atoms with Crippen LogP contribution in [0.2, 0.25) is 0 Å². The molecule has 0 spiro atoms. The van der Waals surface area contributed by atoms with Gasteiger partial charge in [0.2, 0.25) is 11.7 Å². The van der Waals surface area contributed by atoms with Gasteiger partial charge in [-0.3, -0.25) is 9.59 Å². The maximum atomic E-state index is 13.3. The summed E-state index contributed by atoms with van der Waals surface area (Å²) in [7, 11) is 0. The second kappa shape index (κ2) is 9.89. The molecule has 1 atom stereocenters. The van der Waals surface area contributed by atoms with Crippen molar-refractivity contribution >= 4 is 23.2 Å². The number of carbonyl (C=O) groups is 2. The van der Waals surface area contributed by atoms with Gasteiger partial charge >= 0.3 is 5.92 Å². The Kier molecular flexibility index (Phi) is 7.46. The van der Waals surface area contributed by atoms with Gasteiger partial charge in [-0.1, -0.05) is 24.4 Å². The third-order valence-corrected chi connectivity index (χ3v) is 6.80. The lowest BCUT2D eigenvalue weighted by Crippen LogP contribution is -2.47. The van der Waals surface area contributed by atoms with Gasteiger partial charge in [0, 0.05) is 38.0 Å². The number of alkyl halides is 2. The molecule has 1 saturated carbocycles. The lowest BCUT2D eigenvalue weighted by Gasteiger charge is -2.33. The zero-order valence-corrected chi connectivity index (χ0v) is 18.9. The number of nitrogens with zero attached hydrogens (tertiary/aromatic N) is 2. The summed E-state index contributed by atoms with van der Waals surface area (Å²) >= 11 is 1.15. The Labute approximate surface area is 185 Å². The van der Waals surface area contributed by atoms with E-state index in [0.29, 0.717) is 22.8 Å². The second-order valence-electron chi connectivity index (χ2n) is 8.15. The Bertz CT molecular complexity index is 900. The van der Waals surface area contributed by atoms with Crippen LogP contribution in [0.5, 0.6) is 0 Å². The van der Waals surface area contributed by atoms with Gasteiger partial charge in [-0.2, -0.15) is 8.78 Å². The van der Waals surface area contributed by atoms with Crippen molar-refractivity contribution < 1.29 is 22.9 Å². The molecule has 2 amide bonds. The highest BCUT2D eigenvalue weighted by Gasteiger charge is 2.31. The molecular formula is C22H29F2N3O3S. The van der Waals surface area contributed by atoms with Crippen LogP contribution >= 0.6 is 11.3 Å². The van der Waals surface area contributed by atoms with Crippen molar-refractivity contribution in [1.82, 2.24) is 15.4 Å². The molecule has 1 aliphatic carbocycles. The van der Waals surface area contributed by atoms with E-state index in [2.05, 4.69) is 10.5 Å². The predicted molar refractivity (Wildman–Crippen MR) is 115 cm³/mol. The quantitative estimate of drug-likeness (QED) is 0.606. The molecule has 1 aliphatic rings. The minimum atomic E-state index is -3.11. The number of rotatable bonds is 8. The van der Waals surface area contributed by atoms with Gasteiger partial charge in [0.15, 0.2) is 0 Å². The molecule has 3 rings (SSSR count). The van der Waals surface area contributed by atoms with Crippen molar-refractivity contribution in [3.63, 3.8) is 0 Å². The number of halogens is 2. The first-order valence-electron chi connectivity index (χ1n) is 10.7. The van der Waals surface area contributed by atoms with Gasteiger partial charge in [-0.25, -0.2) is 0 Å². The summed E-state index contributed by atoms with van der Waals surface area (Å²) in [4.78, 5) is 28.3. The van der Waals surface area contributed by atoms with Crippen LogP contribution < -0.4 is 5.32 Å². The number of hydrogen-bond acceptors (Lipinski definition) is 5. The summed E-state index contributed by atoms with van der Waals surface area (Å²) in [5.41, 5.74) is 0.268. The number of nitrogens with one attached hydrogen (secondary N) is 1. The molecule has 0 radical (unpaired) electrons. The molecule has 0 saturated heterocycles. The first kappa shape index (κ1) is 23.4. The largest absolute Gasteiger partial charge is 0.354 e. The number of hydrogen-bond donors (Lipinski definition) is 1. The molecular weight excluding hydrogens is 424 g/mol. The van der Waals surface area contributed by atoms with Crippen molar-refractivity contribution in [2.24, 2.45) is 5.92 Å². The maximum Gasteiger partial charge on any atom is 0.304 e. The Hall–Kier alpha value is -2.29. The van der Waals surface area contributed by atoms with Crippen molar-refractivity contribution in [2.45, 2.75) is 64.8 Å². The van der Waals surface area contributed by atoms with Gasteiger partial charge in [0.25, 0.3) is 5.91 Å². The Morgan fingerprint density at radius 2 is 2.03 bits per heavy atom. The number of carbonyl (C=O) groups excluding carboxylic acids is 2. The predicted octanol–water partition coefficient (Wildman–Crippen LogP) is 5.06. The number of aromatic nitrogens is 1. The highest BCUT2D eigenvalue weighted by molar-refractivity contribution is 7.17. The Morgan fingerprint density at radius 1 is 1.32 bits per heavy atom. The molecule has 6 nitrogen and oxygen atoms in total. The molecule has 2 aromatic rings.